The van der Waals surface area contributed by atoms with E-state index in [1.165, 1.54) is 0 Å². The van der Waals surface area contributed by atoms with Crippen molar-refractivity contribution in [2.75, 3.05) is 40.6 Å². The number of benzene rings is 1. The molecule has 0 bridgehead atoms. The lowest BCUT2D eigenvalue weighted by Crippen LogP contribution is -2.33. The number of fused-ring (bicyclic) bond motifs is 1. The van der Waals surface area contributed by atoms with E-state index in [-0.39, 0.29) is 5.91 Å². The highest BCUT2D eigenvalue weighted by atomic mass is 16.5. The zero-order valence-electron chi connectivity index (χ0n) is 16.1. The minimum atomic E-state index is -0.206. The van der Waals surface area contributed by atoms with Crippen LogP contribution >= 0.6 is 0 Å². The molecular weight excluding hydrogens is 332 g/mol. The van der Waals surface area contributed by atoms with Crippen molar-refractivity contribution in [1.82, 2.24) is 10.2 Å². The van der Waals surface area contributed by atoms with E-state index in [1.54, 1.807) is 21.2 Å². The van der Waals surface area contributed by atoms with Gasteiger partial charge in [0.2, 0.25) is 0 Å². The van der Waals surface area contributed by atoms with Crippen molar-refractivity contribution in [2.24, 2.45) is 4.99 Å². The fraction of sp³-hybridized carbons (Fsp3) is 0.368. The number of anilines is 1. The number of carbonyl (C=O) groups is 1. The molecule has 1 aliphatic rings. The number of likely N-dealkylation sites (N-methyl/N-ethyl adjacent to an activating group) is 2. The van der Waals surface area contributed by atoms with E-state index in [0.717, 1.165) is 0 Å². The predicted molar refractivity (Wildman–Crippen MR) is 104 cm³/mol. The van der Waals surface area contributed by atoms with Crippen molar-refractivity contribution < 1.29 is 14.3 Å². The van der Waals surface area contributed by atoms with E-state index < -0.39 is 0 Å². The van der Waals surface area contributed by atoms with Crippen molar-refractivity contribution in [3.05, 3.63) is 41.3 Å². The number of hydrogen-bond acceptors (Lipinski definition) is 5. The highest BCUT2D eigenvalue weighted by Gasteiger charge is 2.30. The highest BCUT2D eigenvalue weighted by Crippen LogP contribution is 2.41. The first-order valence-corrected chi connectivity index (χ1v) is 8.41. The van der Waals surface area contributed by atoms with E-state index >= 15 is 0 Å². The maximum absolute atomic E-state index is 12.5. The summed E-state index contributed by atoms with van der Waals surface area (Å²) in [5.74, 6) is 2.14. The zero-order chi connectivity index (χ0) is 19.3. The van der Waals surface area contributed by atoms with E-state index in [0.29, 0.717) is 46.5 Å². The van der Waals surface area contributed by atoms with Crippen LogP contribution in [0.1, 0.15) is 13.3 Å². The number of hydrogen-bond donors (Lipinski definition) is 2. The van der Waals surface area contributed by atoms with Gasteiger partial charge in [-0.05, 0) is 18.6 Å². The third-order valence-corrected chi connectivity index (χ3v) is 3.88. The van der Waals surface area contributed by atoms with Crippen molar-refractivity contribution in [1.29, 1.82) is 0 Å². The maximum Gasteiger partial charge on any atom is 0.252 e. The Balaban J connectivity index is 2.70. The summed E-state index contributed by atoms with van der Waals surface area (Å²) in [5.41, 5.74) is 1.72. The molecule has 0 saturated carbocycles. The van der Waals surface area contributed by atoms with Crippen LogP contribution < -0.4 is 20.1 Å². The summed E-state index contributed by atoms with van der Waals surface area (Å²) in [6.07, 6.45) is 2.55. The molecule has 26 heavy (non-hydrogen) atoms. The Bertz CT molecular complexity index is 779. The van der Waals surface area contributed by atoms with Gasteiger partial charge in [-0.2, -0.15) is 0 Å². The Hall–Kier alpha value is -2.96. The van der Waals surface area contributed by atoms with E-state index in [4.69, 9.17) is 9.47 Å². The van der Waals surface area contributed by atoms with Gasteiger partial charge in [-0.15, -0.1) is 0 Å². The smallest absolute Gasteiger partial charge is 0.252 e. The first-order valence-electron chi connectivity index (χ1n) is 8.41. The fourth-order valence-electron chi connectivity index (χ4n) is 2.73. The van der Waals surface area contributed by atoms with Gasteiger partial charge in [-0.25, -0.2) is 0 Å². The summed E-state index contributed by atoms with van der Waals surface area (Å²) < 4.78 is 11.6. The number of amides is 1. The molecule has 0 unspecified atom stereocenters. The van der Waals surface area contributed by atoms with Crippen molar-refractivity contribution in [3.8, 4) is 11.5 Å². The molecule has 140 valence electrons. The van der Waals surface area contributed by atoms with Crippen LogP contribution in [0.15, 0.2) is 46.3 Å². The second-order valence-corrected chi connectivity index (χ2v) is 5.81. The second kappa shape index (κ2) is 8.42. The number of methoxy groups -OCH3 is 1. The minimum Gasteiger partial charge on any atom is -0.494 e. The molecule has 0 saturated heterocycles. The number of nitrogens with zero attached hydrogens (tertiary/aromatic N) is 2. The number of aliphatic imine (C=N–C) groups is 1. The number of nitrogens with one attached hydrogen (secondary N) is 2. The van der Waals surface area contributed by atoms with Crippen molar-refractivity contribution >= 4 is 17.4 Å². The SMILES string of the molecule is CC/C=C(\C(=O)NC)C1=C(C(=NC)N(C)C)Oc2cccc(OC)c2N1. The molecule has 0 aromatic heterocycles. The molecule has 7 heteroatoms. The first kappa shape index (κ1) is 19.4. The monoisotopic (exact) mass is 358 g/mol. The third-order valence-electron chi connectivity index (χ3n) is 3.88. The molecule has 0 atom stereocenters. The summed E-state index contributed by atoms with van der Waals surface area (Å²) in [6, 6.07) is 5.53. The fourth-order valence-corrected chi connectivity index (χ4v) is 2.73. The Morgan fingerprint density at radius 1 is 1.42 bits per heavy atom. The van der Waals surface area contributed by atoms with Gasteiger partial charge in [0.25, 0.3) is 5.91 Å². The van der Waals surface area contributed by atoms with Crippen LogP contribution in [0.4, 0.5) is 5.69 Å². The number of amidine groups is 1. The van der Waals surface area contributed by atoms with E-state index in [1.807, 2.05) is 50.2 Å². The first-order chi connectivity index (χ1) is 12.5. The van der Waals surface area contributed by atoms with Gasteiger partial charge < -0.3 is 25.0 Å². The van der Waals surface area contributed by atoms with Crippen LogP contribution in [0.5, 0.6) is 11.5 Å². The van der Waals surface area contributed by atoms with Crippen LogP contribution in [0.3, 0.4) is 0 Å². The number of rotatable bonds is 5. The molecule has 0 radical (unpaired) electrons. The highest BCUT2D eigenvalue weighted by molar-refractivity contribution is 6.05. The Morgan fingerprint density at radius 2 is 2.15 bits per heavy atom. The lowest BCUT2D eigenvalue weighted by molar-refractivity contribution is -0.116. The van der Waals surface area contributed by atoms with E-state index in [2.05, 4.69) is 15.6 Å². The molecule has 7 nitrogen and oxygen atoms in total. The van der Waals surface area contributed by atoms with Gasteiger partial charge in [0, 0.05) is 28.2 Å². The Labute approximate surface area is 154 Å². The Kier molecular flexibility index (Phi) is 6.27. The van der Waals surface area contributed by atoms with Crippen molar-refractivity contribution in [2.45, 2.75) is 13.3 Å². The quantitative estimate of drug-likeness (QED) is 0.480. The average molecular weight is 358 g/mol. The topological polar surface area (TPSA) is 75.2 Å². The number of para-hydroxylation sites is 1. The normalized spacial score (nSPS) is 14.2. The molecule has 1 heterocycles. The van der Waals surface area contributed by atoms with Crippen LogP contribution in [0.25, 0.3) is 0 Å². The van der Waals surface area contributed by atoms with E-state index in [9.17, 15) is 4.79 Å². The molecule has 2 N–H and O–H groups in total. The van der Waals surface area contributed by atoms with Gasteiger partial charge >= 0.3 is 0 Å². The summed E-state index contributed by atoms with van der Waals surface area (Å²) in [5, 5.41) is 6.01. The molecule has 1 amide bonds. The molecule has 1 aromatic rings. The lowest BCUT2D eigenvalue weighted by Gasteiger charge is -2.29. The molecular formula is C19H26N4O3. The predicted octanol–water partition coefficient (Wildman–Crippen LogP) is 2.38. The largest absolute Gasteiger partial charge is 0.494 e. The number of carbonyl (C=O) groups excluding carboxylic acids is 1. The minimum absolute atomic E-state index is 0.206. The molecule has 1 aliphatic heterocycles. The summed E-state index contributed by atoms with van der Waals surface area (Å²) in [4.78, 5) is 18.7. The van der Waals surface area contributed by atoms with Gasteiger partial charge in [0.05, 0.1) is 18.4 Å². The molecule has 2 rings (SSSR count). The van der Waals surface area contributed by atoms with Gasteiger partial charge in [0.15, 0.2) is 17.3 Å². The number of allylic oxidation sites excluding steroid dienone is 1. The van der Waals surface area contributed by atoms with Crippen LogP contribution in [-0.4, -0.2) is 51.9 Å². The standard InChI is InChI=1S/C19H26N4O3/c1-7-9-12(19(24)21-3)15-17(18(20-2)23(4)5)26-14-11-8-10-13(25-6)16(14)22-15/h8-11,22H,7H2,1-6H3,(H,21,24)/b12-9-,20-18?. The van der Waals surface area contributed by atoms with Crippen LogP contribution in [0.2, 0.25) is 0 Å². The molecule has 0 aliphatic carbocycles. The van der Waals surface area contributed by atoms with Gasteiger partial charge in [-0.3, -0.25) is 9.79 Å². The average Bonchev–Trinajstić information content (AvgIpc) is 2.64. The van der Waals surface area contributed by atoms with Gasteiger partial charge in [-0.1, -0.05) is 19.1 Å². The molecule has 1 aromatic carbocycles. The Morgan fingerprint density at radius 3 is 2.69 bits per heavy atom. The summed E-state index contributed by atoms with van der Waals surface area (Å²) >= 11 is 0. The second-order valence-electron chi connectivity index (χ2n) is 5.81. The summed E-state index contributed by atoms with van der Waals surface area (Å²) in [6.45, 7) is 1.97. The maximum atomic E-state index is 12.5. The lowest BCUT2D eigenvalue weighted by atomic mass is 10.1. The molecule has 0 spiro atoms. The third kappa shape index (κ3) is 3.66. The number of ether oxygens (including phenoxy) is 2. The summed E-state index contributed by atoms with van der Waals surface area (Å²) in [7, 11) is 8.63. The molecule has 0 fully saturated rings. The van der Waals surface area contributed by atoms with Crippen molar-refractivity contribution in [3.63, 3.8) is 0 Å². The van der Waals surface area contributed by atoms with Crippen LogP contribution in [-0.2, 0) is 4.79 Å². The zero-order valence-corrected chi connectivity index (χ0v) is 16.1. The van der Waals surface area contributed by atoms with Crippen LogP contribution in [0, 0.1) is 0 Å². The van der Waals surface area contributed by atoms with Gasteiger partial charge in [0.1, 0.15) is 11.4 Å².